The Kier molecular flexibility index (Phi) is 5.50. The predicted octanol–water partition coefficient (Wildman–Crippen LogP) is 2.14. The van der Waals surface area contributed by atoms with Crippen molar-refractivity contribution in [2.24, 2.45) is 0 Å². The van der Waals surface area contributed by atoms with Crippen molar-refractivity contribution in [2.75, 3.05) is 7.11 Å². The Morgan fingerprint density at radius 3 is 3.12 bits per heavy atom. The second kappa shape index (κ2) is 6.92. The van der Waals surface area contributed by atoms with E-state index in [9.17, 15) is 4.79 Å². The molecule has 0 fully saturated rings. The lowest BCUT2D eigenvalue weighted by Crippen LogP contribution is -2.08. The summed E-state index contributed by atoms with van der Waals surface area (Å²) in [4.78, 5) is 14.9. The van der Waals surface area contributed by atoms with E-state index in [4.69, 9.17) is 5.26 Å². The molecule has 0 radical (unpaired) electrons. The lowest BCUT2D eigenvalue weighted by Gasteiger charge is -2.09. The fourth-order valence-corrected chi connectivity index (χ4v) is 2.15. The number of carbonyl (C=O) groups excluding carboxylic acids is 1. The van der Waals surface area contributed by atoms with Crippen molar-refractivity contribution in [3.63, 3.8) is 0 Å². The predicted molar refractivity (Wildman–Crippen MR) is 66.3 cm³/mol. The molecule has 0 aliphatic rings. The SMILES string of the molecule is COC(=O)CC(C)SCc1ccnc(C#N)c1. The Hall–Kier alpha value is -1.54. The Balaban J connectivity index is 2.44. The molecule has 0 amide bonds. The fraction of sp³-hybridized carbons (Fsp3) is 0.417. The van der Waals surface area contributed by atoms with E-state index in [2.05, 4.69) is 9.72 Å². The zero-order valence-electron chi connectivity index (χ0n) is 9.84. The third-order valence-corrected chi connectivity index (χ3v) is 3.39. The second-order valence-corrected chi connectivity index (χ2v) is 4.99. The van der Waals surface area contributed by atoms with Crippen LogP contribution in [0.4, 0.5) is 0 Å². The van der Waals surface area contributed by atoms with Crippen LogP contribution in [0, 0.1) is 11.3 Å². The van der Waals surface area contributed by atoms with E-state index in [1.54, 1.807) is 24.0 Å². The third kappa shape index (κ3) is 4.87. The first-order valence-electron chi connectivity index (χ1n) is 5.19. The first-order chi connectivity index (χ1) is 8.15. The van der Waals surface area contributed by atoms with Crippen LogP contribution in [-0.4, -0.2) is 23.3 Å². The molecule has 0 aromatic carbocycles. The van der Waals surface area contributed by atoms with Crippen molar-refractivity contribution in [1.29, 1.82) is 5.26 Å². The molecule has 1 rings (SSSR count). The lowest BCUT2D eigenvalue weighted by molar-refractivity contribution is -0.140. The van der Waals surface area contributed by atoms with Gasteiger partial charge < -0.3 is 4.74 Å². The highest BCUT2D eigenvalue weighted by Crippen LogP contribution is 2.20. The van der Waals surface area contributed by atoms with Crippen molar-refractivity contribution >= 4 is 17.7 Å². The number of aromatic nitrogens is 1. The molecule has 0 N–H and O–H groups in total. The van der Waals surface area contributed by atoms with E-state index in [1.165, 1.54) is 7.11 Å². The van der Waals surface area contributed by atoms with Crippen LogP contribution in [0.3, 0.4) is 0 Å². The van der Waals surface area contributed by atoms with Crippen molar-refractivity contribution in [3.05, 3.63) is 29.6 Å². The summed E-state index contributed by atoms with van der Waals surface area (Å²) in [6, 6.07) is 5.64. The molecular formula is C12H14N2O2S. The van der Waals surface area contributed by atoms with Crippen molar-refractivity contribution < 1.29 is 9.53 Å². The number of nitrogens with zero attached hydrogens (tertiary/aromatic N) is 2. The van der Waals surface area contributed by atoms with Crippen molar-refractivity contribution in [2.45, 2.75) is 24.3 Å². The smallest absolute Gasteiger partial charge is 0.306 e. The summed E-state index contributed by atoms with van der Waals surface area (Å²) in [5, 5.41) is 8.91. The van der Waals surface area contributed by atoms with E-state index in [-0.39, 0.29) is 11.2 Å². The summed E-state index contributed by atoms with van der Waals surface area (Å²) in [5.74, 6) is 0.562. The number of carbonyl (C=O) groups is 1. The molecule has 4 nitrogen and oxygen atoms in total. The second-order valence-electron chi connectivity index (χ2n) is 3.56. The minimum absolute atomic E-state index is 0.196. The molecule has 1 unspecified atom stereocenters. The summed E-state index contributed by atoms with van der Waals surface area (Å²) in [5.41, 5.74) is 1.46. The number of hydrogen-bond acceptors (Lipinski definition) is 5. The van der Waals surface area contributed by atoms with Gasteiger partial charge in [0.25, 0.3) is 0 Å². The minimum atomic E-state index is -0.197. The van der Waals surface area contributed by atoms with Crippen LogP contribution < -0.4 is 0 Å². The molecule has 0 aliphatic carbocycles. The summed E-state index contributed by atoms with van der Waals surface area (Å²) in [6.45, 7) is 1.98. The van der Waals surface area contributed by atoms with Crippen LogP contribution in [-0.2, 0) is 15.3 Å². The van der Waals surface area contributed by atoms with Gasteiger partial charge in [-0.05, 0) is 17.7 Å². The normalized spacial score (nSPS) is 11.6. The van der Waals surface area contributed by atoms with Crippen LogP contribution in [0.5, 0.6) is 0 Å². The molecular weight excluding hydrogens is 236 g/mol. The quantitative estimate of drug-likeness (QED) is 0.749. The number of ether oxygens (including phenoxy) is 1. The minimum Gasteiger partial charge on any atom is -0.469 e. The van der Waals surface area contributed by atoms with Gasteiger partial charge in [0.05, 0.1) is 13.5 Å². The highest BCUT2D eigenvalue weighted by Gasteiger charge is 2.09. The molecule has 17 heavy (non-hydrogen) atoms. The molecule has 90 valence electrons. The lowest BCUT2D eigenvalue weighted by atomic mass is 10.2. The fourth-order valence-electron chi connectivity index (χ4n) is 1.24. The molecule has 0 bridgehead atoms. The summed E-state index contributed by atoms with van der Waals surface area (Å²) < 4.78 is 4.60. The van der Waals surface area contributed by atoms with Gasteiger partial charge in [-0.2, -0.15) is 17.0 Å². The van der Waals surface area contributed by atoms with Gasteiger partial charge in [-0.25, -0.2) is 4.98 Å². The van der Waals surface area contributed by atoms with Crippen molar-refractivity contribution in [1.82, 2.24) is 4.98 Å². The van der Waals surface area contributed by atoms with Crippen LogP contribution >= 0.6 is 11.8 Å². The highest BCUT2D eigenvalue weighted by molar-refractivity contribution is 7.99. The average Bonchev–Trinajstić information content (AvgIpc) is 2.36. The van der Waals surface area contributed by atoms with Crippen molar-refractivity contribution in [3.8, 4) is 6.07 Å². The first-order valence-corrected chi connectivity index (χ1v) is 6.24. The molecule has 1 aromatic heterocycles. The van der Waals surface area contributed by atoms with Crippen LogP contribution in [0.15, 0.2) is 18.3 Å². The van der Waals surface area contributed by atoms with Gasteiger partial charge in [0.2, 0.25) is 0 Å². The van der Waals surface area contributed by atoms with Gasteiger partial charge in [-0.3, -0.25) is 4.79 Å². The summed E-state index contributed by atoms with van der Waals surface area (Å²) in [6.07, 6.45) is 2.02. The van der Waals surface area contributed by atoms with Gasteiger partial charge in [-0.1, -0.05) is 6.92 Å². The van der Waals surface area contributed by atoms with Crippen LogP contribution in [0.25, 0.3) is 0 Å². The summed E-state index contributed by atoms with van der Waals surface area (Å²) in [7, 11) is 1.39. The first kappa shape index (κ1) is 13.5. The van der Waals surface area contributed by atoms with Gasteiger partial charge in [-0.15, -0.1) is 0 Å². The highest BCUT2D eigenvalue weighted by atomic mass is 32.2. The van der Waals surface area contributed by atoms with E-state index >= 15 is 0 Å². The van der Waals surface area contributed by atoms with Gasteiger partial charge >= 0.3 is 5.97 Å². The Bertz CT molecular complexity index is 429. The maximum atomic E-state index is 11.0. The number of hydrogen-bond donors (Lipinski definition) is 0. The third-order valence-electron chi connectivity index (χ3n) is 2.16. The van der Waals surface area contributed by atoms with E-state index < -0.39 is 0 Å². The van der Waals surface area contributed by atoms with Gasteiger partial charge in [0, 0.05) is 17.2 Å². The van der Waals surface area contributed by atoms with Crippen LogP contribution in [0.2, 0.25) is 0 Å². The number of nitriles is 1. The topological polar surface area (TPSA) is 63.0 Å². The standard InChI is InChI=1S/C12H14N2O2S/c1-9(5-12(15)16-2)17-8-10-3-4-14-11(6-10)7-13/h3-4,6,9H,5,8H2,1-2H3. The van der Waals surface area contributed by atoms with Gasteiger partial charge in [0.1, 0.15) is 11.8 Å². The number of rotatable bonds is 5. The molecule has 1 heterocycles. The molecule has 1 atom stereocenters. The van der Waals surface area contributed by atoms with Gasteiger partial charge in [0.15, 0.2) is 0 Å². The molecule has 0 aliphatic heterocycles. The van der Waals surface area contributed by atoms with E-state index in [0.717, 1.165) is 11.3 Å². The zero-order chi connectivity index (χ0) is 12.7. The summed E-state index contributed by atoms with van der Waals surface area (Å²) >= 11 is 1.65. The average molecular weight is 250 g/mol. The zero-order valence-corrected chi connectivity index (χ0v) is 10.7. The Morgan fingerprint density at radius 2 is 2.47 bits per heavy atom. The Labute approximate surface area is 105 Å². The van der Waals surface area contributed by atoms with E-state index in [1.807, 2.05) is 19.1 Å². The largest absolute Gasteiger partial charge is 0.469 e. The molecule has 5 heteroatoms. The van der Waals surface area contributed by atoms with E-state index in [0.29, 0.717) is 12.1 Å². The molecule has 0 spiro atoms. The number of esters is 1. The monoisotopic (exact) mass is 250 g/mol. The molecule has 0 saturated heterocycles. The molecule has 1 aromatic rings. The maximum Gasteiger partial charge on any atom is 0.306 e. The Morgan fingerprint density at radius 1 is 1.71 bits per heavy atom. The molecule has 0 saturated carbocycles. The number of methoxy groups -OCH3 is 1. The van der Waals surface area contributed by atoms with Crippen LogP contribution in [0.1, 0.15) is 24.6 Å². The maximum absolute atomic E-state index is 11.0. The number of pyridine rings is 1. The number of thioether (sulfide) groups is 1.